The molecular formula is C16H25ClN2O3. The van der Waals surface area contributed by atoms with E-state index in [0.29, 0.717) is 13.2 Å². The number of methoxy groups -OCH3 is 2. The van der Waals surface area contributed by atoms with Gasteiger partial charge in [-0.15, -0.1) is 12.4 Å². The minimum atomic E-state index is -0.415. The summed E-state index contributed by atoms with van der Waals surface area (Å²) in [7, 11) is 3.29. The Balaban J connectivity index is 0.00000242. The lowest BCUT2D eigenvalue weighted by Crippen LogP contribution is -2.49. The molecule has 6 heteroatoms. The van der Waals surface area contributed by atoms with Crippen LogP contribution in [-0.4, -0.2) is 39.8 Å². The molecule has 22 heavy (non-hydrogen) atoms. The van der Waals surface area contributed by atoms with Crippen LogP contribution in [0.4, 0.5) is 0 Å². The highest BCUT2D eigenvalue weighted by atomic mass is 35.5. The number of benzene rings is 1. The Hall–Kier alpha value is -1.30. The van der Waals surface area contributed by atoms with Crippen LogP contribution in [0.5, 0.6) is 5.75 Å². The predicted molar refractivity (Wildman–Crippen MR) is 88.5 cm³/mol. The first-order valence-corrected chi connectivity index (χ1v) is 7.32. The van der Waals surface area contributed by atoms with E-state index in [9.17, 15) is 4.79 Å². The number of hydrogen-bond donors (Lipinski definition) is 2. The lowest BCUT2D eigenvalue weighted by Gasteiger charge is -2.35. The van der Waals surface area contributed by atoms with Crippen molar-refractivity contribution in [3.63, 3.8) is 0 Å². The molecule has 0 aliphatic carbocycles. The van der Waals surface area contributed by atoms with Gasteiger partial charge in [0, 0.05) is 19.2 Å². The van der Waals surface area contributed by atoms with Crippen molar-refractivity contribution >= 4 is 18.3 Å². The van der Waals surface area contributed by atoms with Crippen molar-refractivity contribution in [1.29, 1.82) is 0 Å². The van der Waals surface area contributed by atoms with E-state index in [2.05, 4.69) is 10.6 Å². The number of hydrogen-bond acceptors (Lipinski definition) is 4. The Kier molecular flexibility index (Phi) is 7.65. The second-order valence-electron chi connectivity index (χ2n) is 5.46. The van der Waals surface area contributed by atoms with Gasteiger partial charge in [-0.3, -0.25) is 4.79 Å². The summed E-state index contributed by atoms with van der Waals surface area (Å²) in [5, 5.41) is 6.33. The molecule has 1 heterocycles. The third kappa shape index (κ3) is 4.35. The summed E-state index contributed by atoms with van der Waals surface area (Å²) >= 11 is 0. The first kappa shape index (κ1) is 18.7. The van der Waals surface area contributed by atoms with Gasteiger partial charge in [-0.25, -0.2) is 0 Å². The molecule has 2 rings (SSSR count). The first-order chi connectivity index (χ1) is 10.2. The summed E-state index contributed by atoms with van der Waals surface area (Å²) in [6.45, 7) is 2.64. The van der Waals surface area contributed by atoms with Crippen molar-refractivity contribution in [1.82, 2.24) is 10.6 Å². The summed E-state index contributed by atoms with van der Waals surface area (Å²) in [6.07, 6.45) is 1.61. The molecule has 1 amide bonds. The van der Waals surface area contributed by atoms with E-state index < -0.39 is 5.41 Å². The average molecular weight is 329 g/mol. The van der Waals surface area contributed by atoms with Crippen molar-refractivity contribution in [2.24, 2.45) is 5.41 Å². The van der Waals surface area contributed by atoms with Gasteiger partial charge < -0.3 is 20.1 Å². The normalized spacial score (nSPS) is 16.5. The fourth-order valence-corrected chi connectivity index (χ4v) is 2.83. The van der Waals surface area contributed by atoms with Crippen LogP contribution in [0.2, 0.25) is 0 Å². The van der Waals surface area contributed by atoms with Crippen LogP contribution in [-0.2, 0) is 16.1 Å². The van der Waals surface area contributed by atoms with Crippen molar-refractivity contribution < 1.29 is 14.3 Å². The molecule has 2 N–H and O–H groups in total. The van der Waals surface area contributed by atoms with E-state index >= 15 is 0 Å². The van der Waals surface area contributed by atoms with Gasteiger partial charge in [0.25, 0.3) is 0 Å². The predicted octanol–water partition coefficient (Wildman–Crippen LogP) is 1.75. The minimum Gasteiger partial charge on any atom is -0.496 e. The molecular weight excluding hydrogens is 304 g/mol. The summed E-state index contributed by atoms with van der Waals surface area (Å²) in [4.78, 5) is 12.6. The third-order valence-electron chi connectivity index (χ3n) is 4.09. The molecule has 1 aliphatic rings. The first-order valence-electron chi connectivity index (χ1n) is 7.32. The van der Waals surface area contributed by atoms with E-state index in [-0.39, 0.29) is 18.3 Å². The Labute approximate surface area is 138 Å². The van der Waals surface area contributed by atoms with Crippen molar-refractivity contribution in [3.05, 3.63) is 29.8 Å². The SMILES string of the molecule is COCC1(C(=O)NCc2ccccc2OC)CCNCC1.Cl. The molecule has 1 aromatic rings. The lowest BCUT2D eigenvalue weighted by molar-refractivity contribution is -0.136. The van der Waals surface area contributed by atoms with Gasteiger partial charge in [0.1, 0.15) is 5.75 Å². The lowest BCUT2D eigenvalue weighted by atomic mass is 9.78. The Morgan fingerprint density at radius 2 is 1.95 bits per heavy atom. The standard InChI is InChI=1S/C16H24N2O3.ClH/c1-20-12-16(7-9-17-10-8-16)15(19)18-11-13-5-3-4-6-14(13)21-2;/h3-6,17H,7-12H2,1-2H3,(H,18,19);1H. The van der Waals surface area contributed by atoms with Gasteiger partial charge in [-0.1, -0.05) is 18.2 Å². The van der Waals surface area contributed by atoms with E-state index in [1.54, 1.807) is 14.2 Å². The monoisotopic (exact) mass is 328 g/mol. The van der Waals surface area contributed by atoms with E-state index in [4.69, 9.17) is 9.47 Å². The molecule has 1 saturated heterocycles. The van der Waals surface area contributed by atoms with E-state index in [1.165, 1.54) is 0 Å². The molecule has 0 atom stereocenters. The molecule has 0 aromatic heterocycles. The number of carbonyl (C=O) groups excluding carboxylic acids is 1. The molecule has 1 aromatic carbocycles. The maximum atomic E-state index is 12.6. The maximum absolute atomic E-state index is 12.6. The summed E-state index contributed by atoms with van der Waals surface area (Å²) in [5.74, 6) is 0.862. The topological polar surface area (TPSA) is 59.6 Å². The second-order valence-corrected chi connectivity index (χ2v) is 5.46. The molecule has 0 radical (unpaired) electrons. The Morgan fingerprint density at radius 3 is 2.59 bits per heavy atom. The fourth-order valence-electron chi connectivity index (χ4n) is 2.83. The van der Waals surface area contributed by atoms with Crippen LogP contribution >= 0.6 is 12.4 Å². The van der Waals surface area contributed by atoms with Crippen LogP contribution in [0.1, 0.15) is 18.4 Å². The molecule has 0 unspecified atom stereocenters. The Morgan fingerprint density at radius 1 is 1.27 bits per heavy atom. The zero-order valence-corrected chi connectivity index (χ0v) is 14.0. The molecule has 1 aliphatic heterocycles. The molecule has 0 saturated carbocycles. The number of carbonyl (C=O) groups is 1. The maximum Gasteiger partial charge on any atom is 0.228 e. The van der Waals surface area contributed by atoms with Gasteiger partial charge in [-0.2, -0.15) is 0 Å². The quantitative estimate of drug-likeness (QED) is 0.835. The number of para-hydroxylation sites is 1. The number of nitrogens with one attached hydrogen (secondary N) is 2. The summed E-state index contributed by atoms with van der Waals surface area (Å²) in [5.41, 5.74) is 0.567. The molecule has 1 fully saturated rings. The molecule has 0 bridgehead atoms. The van der Waals surface area contributed by atoms with E-state index in [1.807, 2.05) is 24.3 Å². The van der Waals surface area contributed by atoms with Crippen molar-refractivity contribution in [2.45, 2.75) is 19.4 Å². The highest BCUT2D eigenvalue weighted by molar-refractivity contribution is 5.85. The van der Waals surface area contributed by atoms with Crippen LogP contribution in [0.25, 0.3) is 0 Å². The van der Waals surface area contributed by atoms with Gasteiger partial charge in [0.05, 0.1) is 19.1 Å². The molecule has 0 spiro atoms. The number of halogens is 1. The number of ether oxygens (including phenoxy) is 2. The smallest absolute Gasteiger partial charge is 0.228 e. The van der Waals surface area contributed by atoms with Crippen LogP contribution in [0.15, 0.2) is 24.3 Å². The third-order valence-corrected chi connectivity index (χ3v) is 4.09. The highest BCUT2D eigenvalue weighted by Crippen LogP contribution is 2.29. The van der Waals surface area contributed by atoms with Crippen molar-refractivity contribution in [2.75, 3.05) is 33.9 Å². The summed E-state index contributed by atoms with van der Waals surface area (Å²) < 4.78 is 10.6. The minimum absolute atomic E-state index is 0. The van der Waals surface area contributed by atoms with Crippen molar-refractivity contribution in [3.8, 4) is 5.75 Å². The van der Waals surface area contributed by atoms with Gasteiger partial charge in [-0.05, 0) is 32.0 Å². The summed E-state index contributed by atoms with van der Waals surface area (Å²) in [6, 6.07) is 7.73. The average Bonchev–Trinajstić information content (AvgIpc) is 2.54. The number of amides is 1. The van der Waals surface area contributed by atoms with Crippen LogP contribution in [0, 0.1) is 5.41 Å². The zero-order chi connectivity index (χ0) is 15.1. The highest BCUT2D eigenvalue weighted by Gasteiger charge is 2.39. The van der Waals surface area contributed by atoms with Crippen LogP contribution in [0.3, 0.4) is 0 Å². The van der Waals surface area contributed by atoms with E-state index in [0.717, 1.165) is 37.2 Å². The Bertz CT molecular complexity index is 471. The largest absolute Gasteiger partial charge is 0.496 e. The van der Waals surface area contributed by atoms with Gasteiger partial charge >= 0.3 is 0 Å². The fraction of sp³-hybridized carbons (Fsp3) is 0.562. The second kappa shape index (κ2) is 8.98. The number of rotatable bonds is 6. The van der Waals surface area contributed by atoms with Crippen LogP contribution < -0.4 is 15.4 Å². The zero-order valence-electron chi connectivity index (χ0n) is 13.2. The molecule has 124 valence electrons. The van der Waals surface area contributed by atoms with Gasteiger partial charge in [0.15, 0.2) is 0 Å². The number of piperidine rings is 1. The van der Waals surface area contributed by atoms with Gasteiger partial charge in [0.2, 0.25) is 5.91 Å². The molecule has 5 nitrogen and oxygen atoms in total.